The molecule has 1 aliphatic rings. The Hall–Kier alpha value is -16.1. The predicted octanol–water partition coefficient (Wildman–Crippen LogP) is 29.0. The van der Waals surface area contributed by atoms with E-state index < -0.39 is 0 Å². The van der Waals surface area contributed by atoms with E-state index in [4.69, 9.17) is 19.9 Å². The van der Waals surface area contributed by atoms with Gasteiger partial charge in [0, 0.05) is 97.6 Å². The van der Waals surface area contributed by atoms with Gasteiger partial charge in [-0.05, 0) is 188 Å². The van der Waals surface area contributed by atoms with E-state index in [0.29, 0.717) is 5.82 Å². The van der Waals surface area contributed by atoms with E-state index in [2.05, 4.69) is 431 Å². The molecule has 27 rings (SSSR count). The van der Waals surface area contributed by atoms with Gasteiger partial charge in [0.25, 0.3) is 0 Å². The molecule has 0 N–H and O–H groups in total. The van der Waals surface area contributed by atoms with Gasteiger partial charge in [-0.15, -0.1) is 0 Å². The fraction of sp³-hybridized carbons (Fsp3) is 0.0265. The van der Waals surface area contributed by atoms with Gasteiger partial charge in [-0.1, -0.05) is 275 Å². The van der Waals surface area contributed by atoms with Crippen molar-refractivity contribution in [2.75, 3.05) is 0 Å². The lowest BCUT2D eigenvalue weighted by molar-refractivity contribution is 0.661. The van der Waals surface area contributed by atoms with Gasteiger partial charge in [0.15, 0.2) is 11.6 Å². The van der Waals surface area contributed by atoms with Crippen LogP contribution in [0.5, 0.6) is 0 Å². The number of rotatable bonds is 7. The molecule has 0 fully saturated rings. The van der Waals surface area contributed by atoms with Crippen LogP contribution in [0.1, 0.15) is 25.0 Å². The Bertz CT molecular complexity index is 9020. The van der Waals surface area contributed by atoms with Crippen molar-refractivity contribution in [3.63, 3.8) is 0 Å². The molecule has 0 saturated carbocycles. The third-order valence-corrected chi connectivity index (χ3v) is 26.3. The van der Waals surface area contributed by atoms with Crippen LogP contribution in [-0.2, 0) is 5.41 Å². The predicted molar refractivity (Wildman–Crippen MR) is 509 cm³/mol. The normalized spacial score (nSPS) is 12.7. The summed E-state index contributed by atoms with van der Waals surface area (Å²) >= 11 is 0. The molecule has 7 heterocycles. The molecular weight excluding hydrogens is 1480 g/mol. The van der Waals surface area contributed by atoms with Gasteiger partial charge in [-0.3, -0.25) is 9.13 Å². The lowest BCUT2D eigenvalue weighted by Crippen LogP contribution is -2.17. The van der Waals surface area contributed by atoms with Crippen LogP contribution in [0.3, 0.4) is 0 Å². The zero-order valence-corrected chi connectivity index (χ0v) is 66.6. The molecule has 0 amide bonds. The Kier molecular flexibility index (Phi) is 14.5. The van der Waals surface area contributed by atoms with Gasteiger partial charge in [0.05, 0.1) is 77.6 Å². The average molecular weight is 1550 g/mol. The molecule has 0 spiro atoms. The first-order chi connectivity index (χ1) is 60.3. The fourth-order valence-electron chi connectivity index (χ4n) is 21.0. The molecule has 1 aliphatic carbocycles. The van der Waals surface area contributed by atoms with Crippen LogP contribution in [0.15, 0.2) is 394 Å². The SMILES string of the molecule is CC1(C)c2ccccc2-c2cccc(-c3nc(-n4c5ccccc5c5cc6c(-n7c8ccccc8c8c9ccccc9ccc87)cccc6cc54)c4ccccc4n3)c21.c1ccc(-n2c3ccccc3c3cc(-c4nc(-n5c6ccccc6c6cc7c(-n8c9ccccc9c9c%10ccccc%10ccc98)cccc7cc65)c5ccccc5n4)ccc32)cc1. The second-order valence-electron chi connectivity index (χ2n) is 33.1. The Morgan fingerprint density at radius 1 is 0.213 bits per heavy atom. The van der Waals surface area contributed by atoms with Crippen molar-refractivity contribution >= 4 is 174 Å². The minimum Gasteiger partial charge on any atom is -0.309 e. The Balaban J connectivity index is 0.000000131. The zero-order valence-electron chi connectivity index (χ0n) is 66.6. The molecule has 9 heteroatoms. The van der Waals surface area contributed by atoms with Gasteiger partial charge in [0.2, 0.25) is 0 Å². The summed E-state index contributed by atoms with van der Waals surface area (Å²) in [5.74, 6) is 3.17. The Morgan fingerprint density at radius 2 is 0.598 bits per heavy atom. The highest BCUT2D eigenvalue weighted by atomic mass is 15.1. The summed E-state index contributed by atoms with van der Waals surface area (Å²) < 4.78 is 12.0. The van der Waals surface area contributed by atoms with Crippen LogP contribution in [0.2, 0.25) is 0 Å². The van der Waals surface area contributed by atoms with E-state index in [1.54, 1.807) is 0 Å². The summed E-state index contributed by atoms with van der Waals surface area (Å²) in [4.78, 5) is 21.7. The van der Waals surface area contributed by atoms with E-state index in [9.17, 15) is 0 Å². The summed E-state index contributed by atoms with van der Waals surface area (Å²) in [7, 11) is 0. The highest BCUT2D eigenvalue weighted by Gasteiger charge is 2.38. The topological polar surface area (TPSA) is 76.2 Å². The van der Waals surface area contributed by atoms with Crippen LogP contribution in [0, 0.1) is 0 Å². The molecular formula is C113H71N9. The maximum atomic E-state index is 5.60. The van der Waals surface area contributed by atoms with Gasteiger partial charge < -0.3 is 13.7 Å². The van der Waals surface area contributed by atoms with Crippen molar-refractivity contribution in [2.45, 2.75) is 19.3 Å². The highest BCUT2D eigenvalue weighted by Crippen LogP contribution is 2.53. The maximum absolute atomic E-state index is 5.60. The van der Waals surface area contributed by atoms with E-state index in [-0.39, 0.29) is 5.41 Å². The smallest absolute Gasteiger partial charge is 0.162 e. The molecule has 0 radical (unpaired) electrons. The molecule has 19 aromatic carbocycles. The van der Waals surface area contributed by atoms with Crippen molar-refractivity contribution < 1.29 is 0 Å². The largest absolute Gasteiger partial charge is 0.309 e. The number of benzene rings is 19. The number of nitrogens with zero attached hydrogens (tertiary/aromatic N) is 9. The molecule has 7 aromatic heterocycles. The summed E-state index contributed by atoms with van der Waals surface area (Å²) in [5, 5.41) is 24.0. The molecule has 0 bridgehead atoms. The monoisotopic (exact) mass is 1550 g/mol. The van der Waals surface area contributed by atoms with E-state index in [0.717, 1.165) is 94.7 Å². The van der Waals surface area contributed by atoms with E-state index in [1.165, 1.54) is 147 Å². The average Bonchev–Trinajstić information content (AvgIpc) is 1.55. The van der Waals surface area contributed by atoms with Gasteiger partial charge >= 0.3 is 0 Å². The Labute approximate surface area is 699 Å². The highest BCUT2D eigenvalue weighted by molar-refractivity contribution is 6.25. The number of hydrogen-bond acceptors (Lipinski definition) is 4. The first-order valence-corrected chi connectivity index (χ1v) is 41.9. The van der Waals surface area contributed by atoms with Gasteiger partial charge in [-0.25, -0.2) is 19.9 Å². The van der Waals surface area contributed by atoms with Gasteiger partial charge in [0.1, 0.15) is 11.6 Å². The minimum atomic E-state index is -0.204. The van der Waals surface area contributed by atoms with Crippen molar-refractivity contribution in [1.82, 2.24) is 42.8 Å². The lowest BCUT2D eigenvalue weighted by atomic mass is 9.80. The number of para-hydroxylation sites is 8. The Morgan fingerprint density at radius 3 is 1.15 bits per heavy atom. The molecule has 0 unspecified atom stereocenters. The number of hydrogen-bond donors (Lipinski definition) is 0. The molecule has 26 aromatic rings. The molecule has 9 nitrogen and oxygen atoms in total. The van der Waals surface area contributed by atoms with E-state index >= 15 is 0 Å². The van der Waals surface area contributed by atoms with Crippen LogP contribution in [-0.4, -0.2) is 42.8 Å². The summed E-state index contributed by atoms with van der Waals surface area (Å²) in [5.41, 5.74) is 23.9. The molecule has 568 valence electrons. The third-order valence-electron chi connectivity index (χ3n) is 26.3. The van der Waals surface area contributed by atoms with Crippen LogP contribution < -0.4 is 0 Å². The molecule has 0 saturated heterocycles. The van der Waals surface area contributed by atoms with Crippen molar-refractivity contribution in [3.05, 3.63) is 405 Å². The fourth-order valence-corrected chi connectivity index (χ4v) is 21.0. The minimum absolute atomic E-state index is 0.204. The lowest BCUT2D eigenvalue weighted by Gasteiger charge is -2.24. The van der Waals surface area contributed by atoms with Crippen molar-refractivity contribution in [2.24, 2.45) is 0 Å². The van der Waals surface area contributed by atoms with E-state index in [1.807, 2.05) is 0 Å². The van der Waals surface area contributed by atoms with Crippen molar-refractivity contribution in [3.8, 4) is 62.6 Å². The zero-order chi connectivity index (χ0) is 80.2. The standard InChI is InChI=1S/C58H35N5.C55H36N4/c1-2-17-39(18-3-1)61-49-25-11-7-20-41(49)46-33-38(30-31-53(46)61)57-59-48-24-10-6-22-43(48)58(60-57)63-50-26-12-8-21-42(50)47-35-45-37(34-55(47)63)16-14-28-52(45)62-51-27-13-9-23-44(51)56-40-19-5-4-15-36(40)29-32-54(56)62;1-55(2)44-24-9-5-18-36(44)38-22-14-23-41(52(38)55)53-56-45-25-10-6-20-39(45)54(57-53)59-46-26-11-7-19-37(46)43-32-42-34(31-50(43)59)16-13-28-48(42)58-47-27-12-8-21-40(47)51-35-17-4-3-15-33(35)29-30-49(51)58/h1-35H;3-32H,1-2H3. The van der Waals surface area contributed by atoms with Crippen molar-refractivity contribution in [1.29, 1.82) is 0 Å². The number of aromatic nitrogens is 9. The second kappa shape index (κ2) is 25.9. The summed E-state index contributed by atoms with van der Waals surface area (Å²) in [6.45, 7) is 4.66. The first-order valence-electron chi connectivity index (χ1n) is 41.9. The van der Waals surface area contributed by atoms with Crippen LogP contribution in [0.25, 0.3) is 237 Å². The first kappa shape index (κ1) is 68.0. The maximum Gasteiger partial charge on any atom is 0.162 e. The molecule has 122 heavy (non-hydrogen) atoms. The van der Waals surface area contributed by atoms with Crippen LogP contribution in [0.4, 0.5) is 0 Å². The molecule has 0 aliphatic heterocycles. The molecule has 0 atom stereocenters. The second-order valence-corrected chi connectivity index (χ2v) is 33.1. The quantitative estimate of drug-likeness (QED) is 0.159. The van der Waals surface area contributed by atoms with Gasteiger partial charge in [-0.2, -0.15) is 0 Å². The summed E-state index contributed by atoms with van der Waals surface area (Å²) in [6, 6.07) is 143. The van der Waals surface area contributed by atoms with Crippen LogP contribution >= 0.6 is 0 Å². The number of fused-ring (bicyclic) bond motifs is 26. The third kappa shape index (κ3) is 9.81. The summed E-state index contributed by atoms with van der Waals surface area (Å²) in [6.07, 6.45) is 0.